The second-order valence-corrected chi connectivity index (χ2v) is 5.39. The maximum absolute atomic E-state index is 5.74. The van der Waals surface area contributed by atoms with Crippen LogP contribution in [0.5, 0.6) is 11.6 Å². The molecule has 0 atom stereocenters. The van der Waals surface area contributed by atoms with E-state index >= 15 is 0 Å². The molecule has 2 heterocycles. The van der Waals surface area contributed by atoms with Gasteiger partial charge in [0.25, 0.3) is 5.88 Å². The van der Waals surface area contributed by atoms with Gasteiger partial charge in [-0.1, -0.05) is 6.92 Å². The van der Waals surface area contributed by atoms with Gasteiger partial charge in [-0.3, -0.25) is 0 Å². The van der Waals surface area contributed by atoms with E-state index in [1.165, 1.54) is 11.2 Å². The van der Waals surface area contributed by atoms with E-state index in [9.17, 15) is 0 Å². The van der Waals surface area contributed by atoms with Crippen LogP contribution in [0.4, 0.5) is 5.82 Å². The van der Waals surface area contributed by atoms with E-state index < -0.39 is 0 Å². The van der Waals surface area contributed by atoms with Gasteiger partial charge < -0.3 is 14.8 Å². The number of anilines is 1. The summed E-state index contributed by atoms with van der Waals surface area (Å²) in [6.07, 6.45) is 3.29. The van der Waals surface area contributed by atoms with Crippen LogP contribution in [0.2, 0.25) is 0 Å². The smallest absolute Gasteiger partial charge is 0.262 e. The highest BCUT2D eigenvalue weighted by Crippen LogP contribution is 2.31. The van der Waals surface area contributed by atoms with Crippen molar-refractivity contribution in [3.8, 4) is 11.6 Å². The number of aryl methyl sites for hydroxylation is 1. The van der Waals surface area contributed by atoms with Crippen molar-refractivity contribution in [2.45, 2.75) is 26.7 Å². The quantitative estimate of drug-likeness (QED) is 0.808. The zero-order valence-electron chi connectivity index (χ0n) is 12.5. The third kappa shape index (κ3) is 4.04. The molecule has 0 bridgehead atoms. The van der Waals surface area contributed by atoms with Crippen molar-refractivity contribution in [2.75, 3.05) is 25.6 Å². The van der Waals surface area contributed by atoms with Crippen molar-refractivity contribution in [3.05, 3.63) is 22.4 Å². The minimum absolute atomic E-state index is 0.466. The predicted octanol–water partition coefficient (Wildman–Crippen LogP) is 2.69. The van der Waals surface area contributed by atoms with Crippen LogP contribution >= 0.6 is 11.3 Å². The number of hydrogen-bond donors (Lipinski definition) is 1. The van der Waals surface area contributed by atoms with Crippen LogP contribution in [-0.4, -0.2) is 35.2 Å². The molecule has 0 aliphatic rings. The number of ether oxygens (including phenoxy) is 2. The number of methoxy groups -OCH3 is 1. The SMILES string of the molecule is CCCNc1ncnc(OCCc2scnc2C)c1OC. The first-order valence-corrected chi connectivity index (χ1v) is 7.78. The second-order valence-electron chi connectivity index (χ2n) is 4.45. The lowest BCUT2D eigenvalue weighted by molar-refractivity contribution is 0.285. The summed E-state index contributed by atoms with van der Waals surface area (Å²) in [7, 11) is 1.59. The maximum Gasteiger partial charge on any atom is 0.262 e. The molecule has 0 radical (unpaired) electrons. The van der Waals surface area contributed by atoms with Gasteiger partial charge in [0.1, 0.15) is 6.33 Å². The van der Waals surface area contributed by atoms with Gasteiger partial charge in [-0.15, -0.1) is 11.3 Å². The molecular weight excluding hydrogens is 288 g/mol. The van der Waals surface area contributed by atoms with Gasteiger partial charge in [0, 0.05) is 17.8 Å². The molecule has 0 aliphatic heterocycles. The van der Waals surface area contributed by atoms with Gasteiger partial charge in [-0.25, -0.2) is 9.97 Å². The Morgan fingerprint density at radius 1 is 1.29 bits per heavy atom. The van der Waals surface area contributed by atoms with Crippen molar-refractivity contribution in [2.24, 2.45) is 0 Å². The Kier molecular flexibility index (Phi) is 5.74. The van der Waals surface area contributed by atoms with Gasteiger partial charge in [0.05, 0.1) is 24.9 Å². The van der Waals surface area contributed by atoms with Crippen LogP contribution in [0.1, 0.15) is 23.9 Å². The van der Waals surface area contributed by atoms with Crippen molar-refractivity contribution in [3.63, 3.8) is 0 Å². The van der Waals surface area contributed by atoms with Gasteiger partial charge in [-0.05, 0) is 13.3 Å². The largest absolute Gasteiger partial charge is 0.489 e. The van der Waals surface area contributed by atoms with E-state index in [1.807, 2.05) is 12.4 Å². The molecule has 0 amide bonds. The van der Waals surface area contributed by atoms with E-state index in [-0.39, 0.29) is 0 Å². The number of rotatable bonds is 8. The Bertz CT molecular complexity index is 574. The van der Waals surface area contributed by atoms with E-state index in [0.717, 1.165) is 25.1 Å². The molecule has 0 unspecified atom stereocenters. The fourth-order valence-electron chi connectivity index (χ4n) is 1.82. The Labute approximate surface area is 128 Å². The molecule has 6 nitrogen and oxygen atoms in total. The zero-order chi connectivity index (χ0) is 15.1. The van der Waals surface area contributed by atoms with Gasteiger partial charge in [0.15, 0.2) is 5.82 Å². The summed E-state index contributed by atoms with van der Waals surface area (Å²) in [6, 6.07) is 0. The summed E-state index contributed by atoms with van der Waals surface area (Å²) >= 11 is 1.64. The molecule has 1 N–H and O–H groups in total. The van der Waals surface area contributed by atoms with Gasteiger partial charge in [0.2, 0.25) is 5.75 Å². The standard InChI is InChI=1S/C14H20N4O2S/c1-4-6-15-13-12(19-3)14(17-8-16-13)20-7-5-11-10(2)18-9-21-11/h8-9H,4-7H2,1-3H3,(H,15,16,17). The lowest BCUT2D eigenvalue weighted by atomic mass is 10.3. The number of nitrogens with zero attached hydrogens (tertiary/aromatic N) is 3. The minimum Gasteiger partial charge on any atom is -0.489 e. The third-order valence-electron chi connectivity index (χ3n) is 2.93. The number of thiazole rings is 1. The topological polar surface area (TPSA) is 69.2 Å². The van der Waals surface area contributed by atoms with Crippen LogP contribution in [0.3, 0.4) is 0 Å². The predicted molar refractivity (Wildman–Crippen MR) is 83.4 cm³/mol. The van der Waals surface area contributed by atoms with Gasteiger partial charge >= 0.3 is 0 Å². The average Bonchev–Trinajstić information content (AvgIpc) is 2.90. The van der Waals surface area contributed by atoms with Crippen LogP contribution < -0.4 is 14.8 Å². The fraction of sp³-hybridized carbons (Fsp3) is 0.500. The highest BCUT2D eigenvalue weighted by atomic mass is 32.1. The summed E-state index contributed by atoms with van der Waals surface area (Å²) in [5, 5.41) is 3.20. The molecule has 0 fully saturated rings. The van der Waals surface area contributed by atoms with E-state index in [0.29, 0.717) is 24.1 Å². The zero-order valence-corrected chi connectivity index (χ0v) is 13.4. The van der Waals surface area contributed by atoms with Crippen LogP contribution in [0.25, 0.3) is 0 Å². The first kappa shape index (κ1) is 15.5. The summed E-state index contributed by atoms with van der Waals surface area (Å²) in [4.78, 5) is 13.8. The fourth-order valence-corrected chi connectivity index (χ4v) is 2.58. The molecule has 114 valence electrons. The maximum atomic E-state index is 5.74. The molecule has 0 aromatic carbocycles. The van der Waals surface area contributed by atoms with Crippen molar-refractivity contribution in [1.82, 2.24) is 15.0 Å². The Morgan fingerprint density at radius 3 is 2.81 bits per heavy atom. The first-order chi connectivity index (χ1) is 10.3. The molecule has 0 saturated carbocycles. The average molecular weight is 308 g/mol. The monoisotopic (exact) mass is 308 g/mol. The number of nitrogens with one attached hydrogen (secondary N) is 1. The van der Waals surface area contributed by atoms with Crippen LogP contribution in [0.15, 0.2) is 11.8 Å². The molecule has 21 heavy (non-hydrogen) atoms. The summed E-state index contributed by atoms with van der Waals surface area (Å²) in [5.74, 6) is 1.68. The summed E-state index contributed by atoms with van der Waals surface area (Å²) in [6.45, 7) is 5.45. The van der Waals surface area contributed by atoms with E-state index in [2.05, 4.69) is 27.2 Å². The molecule has 2 aromatic rings. The summed E-state index contributed by atoms with van der Waals surface area (Å²) in [5.41, 5.74) is 2.91. The highest BCUT2D eigenvalue weighted by molar-refractivity contribution is 7.09. The lowest BCUT2D eigenvalue weighted by Gasteiger charge is -2.13. The van der Waals surface area contributed by atoms with Crippen molar-refractivity contribution < 1.29 is 9.47 Å². The molecule has 0 saturated heterocycles. The Morgan fingerprint density at radius 2 is 2.14 bits per heavy atom. The minimum atomic E-state index is 0.466. The molecule has 7 heteroatoms. The molecule has 0 aliphatic carbocycles. The molecule has 0 spiro atoms. The van der Waals surface area contributed by atoms with Crippen LogP contribution in [0, 0.1) is 6.92 Å². The molecule has 2 rings (SSSR count). The molecule has 2 aromatic heterocycles. The molecular formula is C14H20N4O2S. The first-order valence-electron chi connectivity index (χ1n) is 6.90. The Balaban J connectivity index is 2.00. The normalized spacial score (nSPS) is 10.4. The highest BCUT2D eigenvalue weighted by Gasteiger charge is 2.13. The van der Waals surface area contributed by atoms with Crippen LogP contribution in [-0.2, 0) is 6.42 Å². The van der Waals surface area contributed by atoms with Crippen molar-refractivity contribution >= 4 is 17.2 Å². The number of hydrogen-bond acceptors (Lipinski definition) is 7. The third-order valence-corrected chi connectivity index (χ3v) is 3.93. The lowest BCUT2D eigenvalue weighted by Crippen LogP contribution is -2.08. The van der Waals surface area contributed by atoms with Gasteiger partial charge in [-0.2, -0.15) is 4.98 Å². The second kappa shape index (κ2) is 7.78. The van der Waals surface area contributed by atoms with Crippen molar-refractivity contribution in [1.29, 1.82) is 0 Å². The van der Waals surface area contributed by atoms with E-state index in [4.69, 9.17) is 9.47 Å². The Hall–Kier alpha value is -1.89. The van der Waals surface area contributed by atoms with E-state index in [1.54, 1.807) is 18.4 Å². The number of aromatic nitrogens is 3. The summed E-state index contributed by atoms with van der Waals surface area (Å²) < 4.78 is 11.1.